The van der Waals surface area contributed by atoms with Crippen LogP contribution in [0.15, 0.2) is 66.7 Å². The molecule has 6 nitrogen and oxygen atoms in total. The van der Waals surface area contributed by atoms with Crippen LogP contribution in [-0.2, 0) is 24.2 Å². The molecule has 0 bridgehead atoms. The number of aromatic nitrogens is 3. The summed E-state index contributed by atoms with van der Waals surface area (Å²) in [6.07, 6.45) is 1.55. The molecule has 0 amide bonds. The van der Waals surface area contributed by atoms with Crippen LogP contribution in [0.3, 0.4) is 0 Å². The quantitative estimate of drug-likeness (QED) is 0.360. The summed E-state index contributed by atoms with van der Waals surface area (Å²) in [6, 6.07) is 22.0. The normalized spacial score (nSPS) is 11.5. The van der Waals surface area contributed by atoms with Crippen molar-refractivity contribution < 1.29 is 14.3 Å². The Morgan fingerprint density at radius 2 is 1.58 bits per heavy atom. The highest BCUT2D eigenvalue weighted by atomic mass is 16.6. The fraction of sp³-hybridized carbons (Fsp3) is 0.296. The molecule has 4 aromatic rings. The average Bonchev–Trinajstić information content (AvgIpc) is 3.17. The molecule has 0 N–H and O–H groups in total. The van der Waals surface area contributed by atoms with Gasteiger partial charge in [-0.3, -0.25) is 0 Å². The standard InChI is InChI=1S/C27H29N3O3/c1-19-28-25-24(26(31)33-27(2,3)4)23(32-18-21-13-9-6-10-14-21)17-22(30(25)29-19)16-15-20-11-7-5-8-12-20/h5-14,17H,15-16,18H2,1-4H3. The molecule has 170 valence electrons. The van der Waals surface area contributed by atoms with Crippen molar-refractivity contribution in [2.45, 2.75) is 52.7 Å². The first-order valence-electron chi connectivity index (χ1n) is 11.1. The number of benzene rings is 2. The Bertz CT molecular complexity index is 1240. The number of fused-ring (bicyclic) bond motifs is 1. The predicted molar refractivity (Wildman–Crippen MR) is 128 cm³/mol. The van der Waals surface area contributed by atoms with E-state index < -0.39 is 11.6 Å². The fourth-order valence-electron chi connectivity index (χ4n) is 3.64. The van der Waals surface area contributed by atoms with Gasteiger partial charge < -0.3 is 9.47 Å². The van der Waals surface area contributed by atoms with Crippen molar-refractivity contribution in [3.05, 3.63) is 94.9 Å². The molecule has 33 heavy (non-hydrogen) atoms. The third-order valence-corrected chi connectivity index (χ3v) is 5.11. The molecule has 0 aliphatic heterocycles. The monoisotopic (exact) mass is 443 g/mol. The number of carbonyl (C=O) groups excluding carboxylic acids is 1. The van der Waals surface area contributed by atoms with E-state index in [1.165, 1.54) is 5.56 Å². The minimum absolute atomic E-state index is 0.296. The molecule has 0 aliphatic carbocycles. The molecule has 6 heteroatoms. The molecule has 0 fully saturated rings. The Balaban J connectivity index is 1.76. The van der Waals surface area contributed by atoms with Crippen LogP contribution in [0.25, 0.3) is 5.65 Å². The van der Waals surface area contributed by atoms with Gasteiger partial charge in [0, 0.05) is 11.8 Å². The number of hydrogen-bond acceptors (Lipinski definition) is 5. The van der Waals surface area contributed by atoms with E-state index in [0.717, 1.165) is 24.1 Å². The SMILES string of the molecule is Cc1nc2c(C(=O)OC(C)(C)C)c(OCc3ccccc3)cc(CCc3ccccc3)n2n1. The van der Waals surface area contributed by atoms with E-state index in [1.807, 2.05) is 82.3 Å². The van der Waals surface area contributed by atoms with Crippen LogP contribution < -0.4 is 4.74 Å². The largest absolute Gasteiger partial charge is 0.488 e. The zero-order valence-corrected chi connectivity index (χ0v) is 19.5. The smallest absolute Gasteiger partial charge is 0.346 e. The van der Waals surface area contributed by atoms with Crippen LogP contribution >= 0.6 is 0 Å². The third-order valence-electron chi connectivity index (χ3n) is 5.11. The van der Waals surface area contributed by atoms with Gasteiger partial charge in [-0.25, -0.2) is 14.3 Å². The Morgan fingerprint density at radius 3 is 2.21 bits per heavy atom. The topological polar surface area (TPSA) is 65.7 Å². The summed E-state index contributed by atoms with van der Waals surface area (Å²) >= 11 is 0. The van der Waals surface area contributed by atoms with Crippen molar-refractivity contribution in [3.8, 4) is 5.75 Å². The Kier molecular flexibility index (Phi) is 6.45. The minimum atomic E-state index is -0.647. The molecule has 0 saturated carbocycles. The molecule has 0 radical (unpaired) electrons. The van der Waals surface area contributed by atoms with Crippen LogP contribution in [0, 0.1) is 6.92 Å². The lowest BCUT2D eigenvalue weighted by Crippen LogP contribution is -2.25. The summed E-state index contributed by atoms with van der Waals surface area (Å²) < 4.78 is 13.6. The second kappa shape index (κ2) is 9.45. The molecule has 0 unspecified atom stereocenters. The highest BCUT2D eigenvalue weighted by Crippen LogP contribution is 2.29. The fourth-order valence-corrected chi connectivity index (χ4v) is 3.64. The van der Waals surface area contributed by atoms with Gasteiger partial charge in [-0.1, -0.05) is 60.7 Å². The lowest BCUT2D eigenvalue weighted by Gasteiger charge is -2.21. The average molecular weight is 444 g/mol. The summed E-state index contributed by atoms with van der Waals surface area (Å²) in [5.74, 6) is 0.564. The molecular formula is C27H29N3O3. The molecule has 2 aromatic heterocycles. The van der Waals surface area contributed by atoms with Crippen molar-refractivity contribution in [2.75, 3.05) is 0 Å². The Labute approximate surface area is 194 Å². The first-order chi connectivity index (χ1) is 15.8. The Hall–Kier alpha value is -3.67. The molecule has 2 aromatic carbocycles. The minimum Gasteiger partial charge on any atom is -0.488 e. The summed E-state index contributed by atoms with van der Waals surface area (Å²) in [4.78, 5) is 17.8. The van der Waals surface area contributed by atoms with E-state index in [1.54, 1.807) is 4.52 Å². The third kappa shape index (κ3) is 5.58. The highest BCUT2D eigenvalue weighted by Gasteiger charge is 2.27. The Morgan fingerprint density at radius 1 is 0.939 bits per heavy atom. The second-order valence-corrected chi connectivity index (χ2v) is 9.03. The lowest BCUT2D eigenvalue weighted by molar-refractivity contribution is 0.00670. The van der Waals surface area contributed by atoms with Crippen molar-refractivity contribution in [3.63, 3.8) is 0 Å². The maximum atomic E-state index is 13.2. The predicted octanol–water partition coefficient (Wildman–Crippen LogP) is 5.36. The summed E-state index contributed by atoms with van der Waals surface area (Å²) in [5, 5.41) is 4.57. The van der Waals surface area contributed by atoms with Crippen LogP contribution in [0.4, 0.5) is 0 Å². The molecule has 0 spiro atoms. The number of ether oxygens (including phenoxy) is 2. The van der Waals surface area contributed by atoms with E-state index in [4.69, 9.17) is 9.47 Å². The van der Waals surface area contributed by atoms with Crippen LogP contribution in [0.2, 0.25) is 0 Å². The maximum absolute atomic E-state index is 13.2. The van der Waals surface area contributed by atoms with E-state index in [9.17, 15) is 4.79 Å². The summed E-state index contributed by atoms with van der Waals surface area (Å²) in [5.41, 5.74) is 3.26. The molecule has 0 saturated heterocycles. The molecule has 2 heterocycles. The van der Waals surface area contributed by atoms with E-state index >= 15 is 0 Å². The van der Waals surface area contributed by atoms with Gasteiger partial charge in [0.15, 0.2) is 5.65 Å². The number of aryl methyl sites for hydroxylation is 3. The summed E-state index contributed by atoms with van der Waals surface area (Å²) in [6.45, 7) is 7.68. The van der Waals surface area contributed by atoms with Gasteiger partial charge in [-0.05, 0) is 51.7 Å². The van der Waals surface area contributed by atoms with Crippen LogP contribution in [-0.4, -0.2) is 26.2 Å². The van der Waals surface area contributed by atoms with Crippen molar-refractivity contribution in [1.82, 2.24) is 14.6 Å². The van der Waals surface area contributed by atoms with Crippen molar-refractivity contribution in [1.29, 1.82) is 0 Å². The second-order valence-electron chi connectivity index (χ2n) is 9.03. The van der Waals surface area contributed by atoms with E-state index in [0.29, 0.717) is 29.4 Å². The first-order valence-corrected chi connectivity index (χ1v) is 11.1. The molecule has 0 aliphatic rings. The van der Waals surface area contributed by atoms with Crippen molar-refractivity contribution in [2.24, 2.45) is 0 Å². The maximum Gasteiger partial charge on any atom is 0.346 e. The molecule has 4 rings (SSSR count). The van der Waals surface area contributed by atoms with Gasteiger partial charge in [-0.15, -0.1) is 0 Å². The highest BCUT2D eigenvalue weighted by molar-refractivity contribution is 5.99. The van der Waals surface area contributed by atoms with Gasteiger partial charge in [0.25, 0.3) is 0 Å². The number of pyridine rings is 1. The number of nitrogens with zero attached hydrogens (tertiary/aromatic N) is 3. The van der Waals surface area contributed by atoms with Crippen molar-refractivity contribution >= 4 is 11.6 Å². The van der Waals surface area contributed by atoms with E-state index in [2.05, 4.69) is 22.2 Å². The van der Waals surface area contributed by atoms with E-state index in [-0.39, 0.29) is 0 Å². The number of carbonyl (C=O) groups is 1. The first kappa shape index (κ1) is 22.5. The number of esters is 1. The zero-order chi connectivity index (χ0) is 23.4. The zero-order valence-electron chi connectivity index (χ0n) is 19.5. The molecular weight excluding hydrogens is 414 g/mol. The summed E-state index contributed by atoms with van der Waals surface area (Å²) in [7, 11) is 0. The van der Waals surface area contributed by atoms with Gasteiger partial charge >= 0.3 is 5.97 Å². The van der Waals surface area contributed by atoms with Crippen LogP contribution in [0.5, 0.6) is 5.75 Å². The van der Waals surface area contributed by atoms with Gasteiger partial charge in [0.05, 0.1) is 0 Å². The van der Waals surface area contributed by atoms with Crippen LogP contribution in [0.1, 0.15) is 53.8 Å². The number of hydrogen-bond donors (Lipinski definition) is 0. The molecule has 0 atom stereocenters. The van der Waals surface area contributed by atoms with Gasteiger partial charge in [0.2, 0.25) is 0 Å². The van der Waals surface area contributed by atoms with Gasteiger partial charge in [0.1, 0.15) is 29.3 Å². The lowest BCUT2D eigenvalue weighted by atomic mass is 10.1. The van der Waals surface area contributed by atoms with Gasteiger partial charge in [-0.2, -0.15) is 5.10 Å². The number of rotatable bonds is 7.